The molecule has 35 heavy (non-hydrogen) atoms. The molecule has 1 aromatic carbocycles. The largest absolute Gasteiger partial charge is 0.431 e. The number of rotatable bonds is 6. The molecule has 1 heterocycles. The summed E-state index contributed by atoms with van der Waals surface area (Å²) in [5, 5.41) is -5.63. The Labute approximate surface area is 238 Å². The van der Waals surface area contributed by atoms with Crippen molar-refractivity contribution in [1.82, 2.24) is 0 Å². The summed E-state index contributed by atoms with van der Waals surface area (Å²) in [6.45, 7) is 5.04. The van der Waals surface area contributed by atoms with Gasteiger partial charge in [0.1, 0.15) is 0 Å². The van der Waals surface area contributed by atoms with Crippen molar-refractivity contribution < 1.29 is 49.5 Å². The topological polar surface area (TPSA) is 99.1 Å². The molecule has 1 saturated heterocycles. The summed E-state index contributed by atoms with van der Waals surface area (Å²) in [5.74, 6) is -9.06. The Kier molecular flexibility index (Phi) is 7.59. The molecule has 15 heteroatoms. The number of carbonyl (C=O) groups is 1. The van der Waals surface area contributed by atoms with Crippen LogP contribution in [0.25, 0.3) is 0 Å². The first-order valence-electron chi connectivity index (χ1n) is 10.1. The second-order valence-electron chi connectivity index (χ2n) is 8.72. The Balaban J connectivity index is 1.62. The van der Waals surface area contributed by atoms with Gasteiger partial charge in [-0.15, -0.1) is 0 Å². The molecular weight excluding hydrogens is 841 g/mol. The van der Waals surface area contributed by atoms with Gasteiger partial charge in [-0.1, -0.05) is 6.58 Å². The molecular formula is C20H17F4I3O7S. The Bertz CT molecular complexity index is 1210. The lowest BCUT2D eigenvalue weighted by Crippen LogP contribution is -2.55. The van der Waals surface area contributed by atoms with Crippen molar-refractivity contribution in [2.75, 3.05) is 0 Å². The number of carbonyl (C=O) groups excluding carboxylic acids is 1. The summed E-state index contributed by atoms with van der Waals surface area (Å²) in [5.41, 5.74) is 0.682. The van der Waals surface area contributed by atoms with E-state index >= 15 is 0 Å². The highest BCUT2D eigenvalue weighted by molar-refractivity contribution is 14.1. The van der Waals surface area contributed by atoms with Crippen LogP contribution in [0, 0.1) is 28.5 Å². The predicted octanol–water partition coefficient (Wildman–Crippen LogP) is 5.54. The van der Waals surface area contributed by atoms with E-state index in [-0.39, 0.29) is 17.7 Å². The average molecular weight is 858 g/mol. The number of benzene rings is 1. The minimum absolute atomic E-state index is 0.103. The molecule has 6 unspecified atom stereocenters. The van der Waals surface area contributed by atoms with Crippen LogP contribution in [0.3, 0.4) is 0 Å². The maximum atomic E-state index is 14.7. The fourth-order valence-electron chi connectivity index (χ4n) is 4.96. The van der Waals surface area contributed by atoms with E-state index in [0.29, 0.717) is 16.3 Å². The first kappa shape index (κ1) is 28.2. The highest BCUT2D eigenvalue weighted by Crippen LogP contribution is 2.62. The molecule has 0 amide bonds. The van der Waals surface area contributed by atoms with Crippen molar-refractivity contribution in [1.29, 1.82) is 0 Å². The van der Waals surface area contributed by atoms with Crippen LogP contribution < -0.4 is 4.74 Å². The average Bonchev–Trinajstić information content (AvgIpc) is 3.41. The molecule has 2 saturated carbocycles. The summed E-state index contributed by atoms with van der Waals surface area (Å²) < 4.78 is 107. The Morgan fingerprint density at radius 2 is 1.74 bits per heavy atom. The van der Waals surface area contributed by atoms with Gasteiger partial charge in [-0.05, 0) is 105 Å². The SMILES string of the molecule is C=C(C)C(=O)Oc1c(I)cc(I)c(C2OC3C4CC(C3O2)C(C(F)(F)C(F)(F)S(=O)(=O)O)C4)c1I. The van der Waals surface area contributed by atoms with E-state index in [1.165, 1.54) is 6.92 Å². The predicted molar refractivity (Wildman–Crippen MR) is 139 cm³/mol. The number of fused-ring (bicyclic) bond motifs is 5. The van der Waals surface area contributed by atoms with Gasteiger partial charge < -0.3 is 14.2 Å². The van der Waals surface area contributed by atoms with Gasteiger partial charge >= 0.3 is 27.3 Å². The van der Waals surface area contributed by atoms with Crippen LogP contribution in [0.1, 0.15) is 31.6 Å². The maximum absolute atomic E-state index is 14.7. The van der Waals surface area contributed by atoms with Gasteiger partial charge in [0.15, 0.2) is 12.0 Å². The molecule has 3 aliphatic rings. The molecule has 6 atom stereocenters. The molecule has 0 spiro atoms. The maximum Gasteiger partial charge on any atom is 0.431 e. The van der Waals surface area contributed by atoms with Gasteiger partial charge in [0.25, 0.3) is 0 Å². The van der Waals surface area contributed by atoms with Gasteiger partial charge in [0.2, 0.25) is 0 Å². The normalized spacial score (nSPS) is 30.4. The third kappa shape index (κ3) is 4.55. The molecule has 1 aromatic rings. The summed E-state index contributed by atoms with van der Waals surface area (Å²) in [4.78, 5) is 12.1. The second-order valence-corrected chi connectivity index (χ2v) is 13.6. The van der Waals surface area contributed by atoms with Crippen molar-refractivity contribution in [2.45, 2.75) is 49.4 Å². The van der Waals surface area contributed by atoms with Crippen LogP contribution in [0.15, 0.2) is 18.2 Å². The lowest BCUT2D eigenvalue weighted by atomic mass is 9.81. The van der Waals surface area contributed by atoms with E-state index in [1.807, 2.05) is 67.8 Å². The van der Waals surface area contributed by atoms with Crippen LogP contribution >= 0.6 is 67.8 Å². The van der Waals surface area contributed by atoms with Crippen LogP contribution in [0.4, 0.5) is 17.6 Å². The van der Waals surface area contributed by atoms with Gasteiger partial charge in [0, 0.05) is 20.6 Å². The number of hydrogen-bond donors (Lipinski definition) is 1. The van der Waals surface area contributed by atoms with E-state index < -0.39 is 69.9 Å². The third-order valence-electron chi connectivity index (χ3n) is 6.54. The quantitative estimate of drug-likeness (QED) is 0.100. The summed E-state index contributed by atoms with van der Waals surface area (Å²) in [6.07, 6.45) is -2.96. The minimum atomic E-state index is -6.33. The van der Waals surface area contributed by atoms with E-state index in [2.05, 4.69) is 6.58 Å². The molecule has 1 aliphatic heterocycles. The number of alkyl halides is 4. The molecule has 2 aliphatic carbocycles. The fraction of sp³-hybridized carbons (Fsp3) is 0.550. The van der Waals surface area contributed by atoms with Crippen molar-refractivity contribution in [2.24, 2.45) is 17.8 Å². The lowest BCUT2D eigenvalue weighted by molar-refractivity contribution is -0.210. The minimum Gasteiger partial charge on any atom is -0.421 e. The second kappa shape index (κ2) is 9.42. The zero-order valence-electron chi connectivity index (χ0n) is 17.6. The number of ether oxygens (including phenoxy) is 3. The molecule has 0 radical (unpaired) electrons. The Morgan fingerprint density at radius 1 is 1.14 bits per heavy atom. The number of halogens is 7. The van der Waals surface area contributed by atoms with Crippen LogP contribution in [0.2, 0.25) is 0 Å². The highest BCUT2D eigenvalue weighted by Gasteiger charge is 2.74. The van der Waals surface area contributed by atoms with Crippen molar-refractivity contribution in [3.63, 3.8) is 0 Å². The van der Waals surface area contributed by atoms with Gasteiger partial charge in [-0.2, -0.15) is 26.0 Å². The highest BCUT2D eigenvalue weighted by atomic mass is 127. The third-order valence-corrected chi connectivity index (χ3v) is 10.2. The summed E-state index contributed by atoms with van der Waals surface area (Å²) in [6, 6.07) is 1.72. The zero-order valence-corrected chi connectivity index (χ0v) is 24.9. The van der Waals surface area contributed by atoms with Crippen molar-refractivity contribution in [3.05, 3.63) is 34.5 Å². The van der Waals surface area contributed by atoms with E-state index in [9.17, 15) is 30.8 Å². The lowest BCUT2D eigenvalue weighted by Gasteiger charge is -2.36. The Hall–Kier alpha value is 0.170. The number of esters is 1. The van der Waals surface area contributed by atoms with Crippen molar-refractivity contribution >= 4 is 83.9 Å². The van der Waals surface area contributed by atoms with E-state index in [4.69, 9.17) is 18.8 Å². The fourth-order valence-corrected chi connectivity index (χ4v) is 9.55. The molecule has 4 rings (SSSR count). The standard InChI is InChI=1S/C20H17F4I3O7S/c1-6(2)17(28)32-16-11(26)5-10(25)12(13(16)27)18-33-14-7-3-8(15(14)34-18)9(4-7)19(21,22)20(23,24)35(29,30)31/h5,7-9,14-15,18H,1,3-4H2,2H3,(H,29,30,31). The summed E-state index contributed by atoms with van der Waals surface area (Å²) >= 11 is 5.98. The molecule has 3 fully saturated rings. The van der Waals surface area contributed by atoms with E-state index in [1.54, 1.807) is 6.07 Å². The first-order chi connectivity index (χ1) is 16.0. The molecule has 1 N–H and O–H groups in total. The smallest absolute Gasteiger partial charge is 0.421 e. The molecule has 7 nitrogen and oxygen atoms in total. The van der Waals surface area contributed by atoms with Crippen LogP contribution in [0.5, 0.6) is 5.75 Å². The summed E-state index contributed by atoms with van der Waals surface area (Å²) in [7, 11) is -6.33. The zero-order chi connectivity index (χ0) is 26.2. The van der Waals surface area contributed by atoms with Gasteiger partial charge in [-0.25, -0.2) is 4.79 Å². The number of hydrogen-bond acceptors (Lipinski definition) is 6. The Morgan fingerprint density at radius 3 is 2.31 bits per heavy atom. The molecule has 2 bridgehead atoms. The molecule has 0 aromatic heterocycles. The van der Waals surface area contributed by atoms with Crippen LogP contribution in [-0.4, -0.2) is 42.3 Å². The van der Waals surface area contributed by atoms with Crippen molar-refractivity contribution in [3.8, 4) is 5.75 Å². The molecule has 194 valence electrons. The van der Waals surface area contributed by atoms with Crippen LogP contribution in [-0.2, 0) is 24.4 Å². The van der Waals surface area contributed by atoms with Gasteiger partial charge in [-0.3, -0.25) is 4.55 Å². The first-order valence-corrected chi connectivity index (χ1v) is 14.7. The van der Waals surface area contributed by atoms with E-state index in [0.717, 1.165) is 0 Å². The monoisotopic (exact) mass is 858 g/mol. The van der Waals surface area contributed by atoms with Gasteiger partial charge in [0.05, 0.1) is 19.3 Å².